The van der Waals surface area contributed by atoms with Crippen LogP contribution in [-0.2, 0) is 11.3 Å². The molecule has 1 heterocycles. The number of aromatic nitrogens is 1. The van der Waals surface area contributed by atoms with Crippen molar-refractivity contribution in [1.29, 1.82) is 0 Å². The average molecular weight is 300 g/mol. The number of rotatable bonds is 5. The van der Waals surface area contributed by atoms with Gasteiger partial charge in [-0.25, -0.2) is 0 Å². The Labute approximate surface area is 129 Å². The first-order chi connectivity index (χ1) is 10.8. The molecule has 1 aliphatic rings. The number of hydrogen-bond donors (Lipinski definition) is 1. The Kier molecular flexibility index (Phi) is 4.42. The van der Waals surface area contributed by atoms with Gasteiger partial charge in [0.15, 0.2) is 5.76 Å². The van der Waals surface area contributed by atoms with Gasteiger partial charge in [-0.05, 0) is 25.0 Å². The van der Waals surface area contributed by atoms with Gasteiger partial charge in [0.1, 0.15) is 11.4 Å². The third kappa shape index (κ3) is 3.30. The summed E-state index contributed by atoms with van der Waals surface area (Å²) in [6, 6.07) is 9.45. The summed E-state index contributed by atoms with van der Waals surface area (Å²) >= 11 is 0. The van der Waals surface area contributed by atoms with E-state index in [1.807, 2.05) is 30.3 Å². The van der Waals surface area contributed by atoms with Crippen LogP contribution in [0.3, 0.4) is 0 Å². The molecule has 1 aromatic heterocycles. The van der Waals surface area contributed by atoms with Gasteiger partial charge < -0.3 is 14.6 Å². The van der Waals surface area contributed by atoms with Crippen LogP contribution in [0.2, 0.25) is 0 Å². The number of carbonyl (C=O) groups excluding carboxylic acids is 1. The Morgan fingerprint density at radius 2 is 2.18 bits per heavy atom. The van der Waals surface area contributed by atoms with E-state index in [9.17, 15) is 4.79 Å². The van der Waals surface area contributed by atoms with E-state index < -0.39 is 0 Å². The van der Waals surface area contributed by atoms with E-state index in [1.54, 1.807) is 7.11 Å². The van der Waals surface area contributed by atoms with Crippen LogP contribution in [0.5, 0.6) is 5.75 Å². The lowest BCUT2D eigenvalue weighted by Crippen LogP contribution is -2.28. The number of benzene rings is 1. The van der Waals surface area contributed by atoms with E-state index in [-0.39, 0.29) is 11.8 Å². The molecule has 0 unspecified atom stereocenters. The van der Waals surface area contributed by atoms with Gasteiger partial charge in [0.25, 0.3) is 0 Å². The van der Waals surface area contributed by atoms with Gasteiger partial charge in [-0.1, -0.05) is 30.1 Å². The number of ether oxygens (including phenoxy) is 1. The zero-order valence-electron chi connectivity index (χ0n) is 12.7. The highest BCUT2D eigenvalue weighted by Crippen LogP contribution is 2.26. The smallest absolute Gasteiger partial charge is 0.223 e. The first-order valence-electron chi connectivity index (χ1n) is 7.64. The van der Waals surface area contributed by atoms with Crippen molar-refractivity contribution >= 4 is 5.91 Å². The number of amides is 1. The first kappa shape index (κ1) is 14.6. The van der Waals surface area contributed by atoms with Gasteiger partial charge in [0.05, 0.1) is 13.7 Å². The Bertz CT molecular complexity index is 645. The van der Waals surface area contributed by atoms with Crippen LogP contribution in [0, 0.1) is 5.92 Å². The van der Waals surface area contributed by atoms with Crippen molar-refractivity contribution in [2.75, 3.05) is 7.11 Å². The second kappa shape index (κ2) is 6.64. The van der Waals surface area contributed by atoms with Crippen molar-refractivity contribution in [3.8, 4) is 17.1 Å². The second-order valence-corrected chi connectivity index (χ2v) is 5.61. The fourth-order valence-electron chi connectivity index (χ4n) is 2.82. The normalized spacial score (nSPS) is 15.0. The minimum atomic E-state index is 0.128. The molecule has 0 spiro atoms. The molecule has 1 fully saturated rings. The van der Waals surface area contributed by atoms with Crippen molar-refractivity contribution in [3.05, 3.63) is 36.0 Å². The maximum atomic E-state index is 12.0. The molecule has 1 aliphatic carbocycles. The molecule has 1 aromatic carbocycles. The summed E-state index contributed by atoms with van der Waals surface area (Å²) in [5.41, 5.74) is 1.63. The topological polar surface area (TPSA) is 64.4 Å². The van der Waals surface area contributed by atoms with E-state index >= 15 is 0 Å². The van der Waals surface area contributed by atoms with Crippen LogP contribution in [0.25, 0.3) is 11.3 Å². The largest absolute Gasteiger partial charge is 0.497 e. The van der Waals surface area contributed by atoms with Crippen molar-refractivity contribution < 1.29 is 14.1 Å². The van der Waals surface area contributed by atoms with Crippen LogP contribution in [0.15, 0.2) is 34.9 Å². The molecular weight excluding hydrogens is 280 g/mol. The molecule has 1 N–H and O–H groups in total. The van der Waals surface area contributed by atoms with Crippen molar-refractivity contribution in [1.82, 2.24) is 10.5 Å². The first-order valence-corrected chi connectivity index (χ1v) is 7.64. The molecule has 0 aliphatic heterocycles. The van der Waals surface area contributed by atoms with Crippen LogP contribution < -0.4 is 10.1 Å². The summed E-state index contributed by atoms with van der Waals surface area (Å²) in [6.07, 6.45) is 4.31. The van der Waals surface area contributed by atoms with Crippen LogP contribution in [0.4, 0.5) is 0 Å². The predicted octanol–water partition coefficient (Wildman–Crippen LogP) is 3.16. The van der Waals surface area contributed by atoms with Crippen molar-refractivity contribution in [3.63, 3.8) is 0 Å². The zero-order valence-corrected chi connectivity index (χ0v) is 12.7. The molecule has 0 saturated heterocycles. The van der Waals surface area contributed by atoms with E-state index in [2.05, 4.69) is 10.5 Å². The van der Waals surface area contributed by atoms with E-state index in [0.29, 0.717) is 12.3 Å². The maximum Gasteiger partial charge on any atom is 0.223 e. The predicted molar refractivity (Wildman–Crippen MR) is 82.3 cm³/mol. The van der Waals surface area contributed by atoms with Gasteiger partial charge >= 0.3 is 0 Å². The lowest BCUT2D eigenvalue weighted by Gasteiger charge is -2.08. The van der Waals surface area contributed by atoms with E-state index in [1.165, 1.54) is 0 Å². The fourth-order valence-corrected chi connectivity index (χ4v) is 2.82. The number of nitrogens with zero attached hydrogens (tertiary/aromatic N) is 1. The highest BCUT2D eigenvalue weighted by Gasteiger charge is 2.22. The minimum Gasteiger partial charge on any atom is -0.497 e. The highest BCUT2D eigenvalue weighted by atomic mass is 16.5. The van der Waals surface area contributed by atoms with Gasteiger partial charge in [-0.2, -0.15) is 0 Å². The monoisotopic (exact) mass is 300 g/mol. The molecule has 3 rings (SSSR count). The van der Waals surface area contributed by atoms with Gasteiger partial charge in [0.2, 0.25) is 5.91 Å². The van der Waals surface area contributed by atoms with Gasteiger partial charge in [-0.15, -0.1) is 0 Å². The number of carbonyl (C=O) groups is 1. The summed E-state index contributed by atoms with van der Waals surface area (Å²) in [5, 5.41) is 6.96. The Hall–Kier alpha value is -2.30. The SMILES string of the molecule is COc1cccc(-c2cc(CNC(=O)C3CCCC3)no2)c1. The lowest BCUT2D eigenvalue weighted by molar-refractivity contribution is -0.125. The van der Waals surface area contributed by atoms with Crippen LogP contribution in [0.1, 0.15) is 31.4 Å². The lowest BCUT2D eigenvalue weighted by atomic mass is 10.1. The van der Waals surface area contributed by atoms with Gasteiger partial charge in [0, 0.05) is 17.5 Å². The standard InChI is InChI=1S/C17H20N2O3/c1-21-15-8-4-7-13(9-15)16-10-14(19-22-16)11-18-17(20)12-5-2-3-6-12/h4,7-10,12H,2-3,5-6,11H2,1H3,(H,18,20). The molecule has 22 heavy (non-hydrogen) atoms. The zero-order chi connectivity index (χ0) is 15.4. The van der Waals surface area contributed by atoms with Gasteiger partial charge in [-0.3, -0.25) is 4.79 Å². The molecule has 1 saturated carbocycles. The third-order valence-electron chi connectivity index (χ3n) is 4.08. The third-order valence-corrected chi connectivity index (χ3v) is 4.08. The summed E-state index contributed by atoms with van der Waals surface area (Å²) in [5.74, 6) is 1.74. The second-order valence-electron chi connectivity index (χ2n) is 5.61. The Morgan fingerprint density at radius 3 is 2.95 bits per heavy atom. The molecule has 0 atom stereocenters. The molecule has 5 heteroatoms. The highest BCUT2D eigenvalue weighted by molar-refractivity contribution is 5.78. The molecular formula is C17H20N2O3. The van der Waals surface area contributed by atoms with Crippen molar-refractivity contribution in [2.45, 2.75) is 32.2 Å². The molecule has 2 aromatic rings. The molecule has 1 amide bonds. The average Bonchev–Trinajstić information content (AvgIpc) is 3.24. The number of hydrogen-bond acceptors (Lipinski definition) is 4. The molecule has 0 bridgehead atoms. The fraction of sp³-hybridized carbons (Fsp3) is 0.412. The quantitative estimate of drug-likeness (QED) is 0.921. The molecule has 116 valence electrons. The summed E-state index contributed by atoms with van der Waals surface area (Å²) < 4.78 is 10.6. The van der Waals surface area contributed by atoms with Crippen LogP contribution in [-0.4, -0.2) is 18.2 Å². The molecule has 0 radical (unpaired) electrons. The minimum absolute atomic E-state index is 0.128. The number of nitrogens with one attached hydrogen (secondary N) is 1. The summed E-state index contributed by atoms with van der Waals surface area (Å²) in [7, 11) is 1.63. The van der Waals surface area contributed by atoms with Crippen molar-refractivity contribution in [2.24, 2.45) is 5.92 Å². The van der Waals surface area contributed by atoms with Crippen LogP contribution >= 0.6 is 0 Å². The maximum absolute atomic E-state index is 12.0. The Balaban J connectivity index is 1.62. The number of methoxy groups -OCH3 is 1. The van der Waals surface area contributed by atoms with E-state index in [0.717, 1.165) is 42.7 Å². The summed E-state index contributed by atoms with van der Waals surface area (Å²) in [4.78, 5) is 12.0. The Morgan fingerprint density at radius 1 is 1.36 bits per heavy atom. The summed E-state index contributed by atoms with van der Waals surface area (Å²) in [6.45, 7) is 0.406. The van der Waals surface area contributed by atoms with E-state index in [4.69, 9.17) is 9.26 Å². The molecule has 5 nitrogen and oxygen atoms in total.